The molecule has 1 atom stereocenters. The second kappa shape index (κ2) is 11.9. The summed E-state index contributed by atoms with van der Waals surface area (Å²) in [6.45, 7) is 1.44. The molecule has 3 N–H and O–H groups in total. The first-order valence-electron chi connectivity index (χ1n) is 10.0. The number of likely N-dealkylation sites (N-methyl/N-ethyl adjacent to an activating group) is 1. The van der Waals surface area contributed by atoms with Crippen molar-refractivity contribution in [3.63, 3.8) is 0 Å². The number of aromatic amines is 1. The Labute approximate surface area is 200 Å². The predicted molar refractivity (Wildman–Crippen MR) is 136 cm³/mol. The highest BCUT2D eigenvalue weighted by atomic mass is 127. The Morgan fingerprint density at radius 3 is 2.55 bits per heavy atom. The molecule has 0 spiro atoms. The summed E-state index contributed by atoms with van der Waals surface area (Å²) in [5.74, 6) is 1.37. The molecule has 1 heterocycles. The first kappa shape index (κ1) is 24.9. The van der Waals surface area contributed by atoms with Gasteiger partial charge in [-0.05, 0) is 62.0 Å². The lowest BCUT2D eigenvalue weighted by Crippen LogP contribution is -2.42. The van der Waals surface area contributed by atoms with Gasteiger partial charge in [-0.3, -0.25) is 4.99 Å². The second-order valence-electron chi connectivity index (χ2n) is 7.39. The highest BCUT2D eigenvalue weighted by molar-refractivity contribution is 14.0. The van der Waals surface area contributed by atoms with Gasteiger partial charge in [-0.2, -0.15) is 0 Å². The minimum Gasteiger partial charge on any atom is -0.497 e. The minimum absolute atomic E-state index is 0. The number of hydrogen-bond donors (Lipinski definition) is 3. The number of ether oxygens (including phenoxy) is 1. The van der Waals surface area contributed by atoms with Crippen LogP contribution in [0.25, 0.3) is 10.9 Å². The standard InChI is InChI=1S/C23H30FN5O.HI/c1-25-23(26-12-11-17-14-27-21-13-18(24)7-10-20(17)21)28-15-22(29(2)3)16-5-8-19(30-4)9-6-16;/h5-10,13-14,22,27H,11-12,15H2,1-4H3,(H2,25,26,28);1H. The topological polar surface area (TPSA) is 64.7 Å². The van der Waals surface area contributed by atoms with E-state index in [0.29, 0.717) is 6.54 Å². The molecule has 3 rings (SSSR count). The lowest BCUT2D eigenvalue weighted by Gasteiger charge is -2.26. The van der Waals surface area contributed by atoms with Crippen LogP contribution in [0.2, 0.25) is 0 Å². The molecule has 0 aliphatic rings. The van der Waals surface area contributed by atoms with E-state index in [1.807, 2.05) is 24.4 Å². The Morgan fingerprint density at radius 2 is 1.90 bits per heavy atom. The third-order valence-electron chi connectivity index (χ3n) is 5.23. The number of nitrogens with zero attached hydrogens (tertiary/aromatic N) is 2. The Morgan fingerprint density at radius 1 is 1.16 bits per heavy atom. The number of aliphatic imine (C=N–C) groups is 1. The Bertz CT molecular complexity index is 987. The van der Waals surface area contributed by atoms with Crippen molar-refractivity contribution < 1.29 is 9.13 Å². The van der Waals surface area contributed by atoms with Crippen molar-refractivity contribution in [3.05, 3.63) is 65.6 Å². The maximum Gasteiger partial charge on any atom is 0.191 e. The van der Waals surface area contributed by atoms with Gasteiger partial charge in [0.05, 0.1) is 13.2 Å². The summed E-state index contributed by atoms with van der Waals surface area (Å²) < 4.78 is 18.6. The summed E-state index contributed by atoms with van der Waals surface area (Å²) in [6, 6.07) is 13.2. The lowest BCUT2D eigenvalue weighted by molar-refractivity contribution is 0.298. The maximum absolute atomic E-state index is 13.4. The van der Waals surface area contributed by atoms with Crippen molar-refractivity contribution in [1.29, 1.82) is 0 Å². The number of benzene rings is 2. The monoisotopic (exact) mass is 539 g/mol. The molecule has 1 unspecified atom stereocenters. The van der Waals surface area contributed by atoms with Gasteiger partial charge in [-0.1, -0.05) is 12.1 Å². The van der Waals surface area contributed by atoms with Gasteiger partial charge in [0.15, 0.2) is 5.96 Å². The van der Waals surface area contributed by atoms with Crippen LogP contribution in [0.4, 0.5) is 4.39 Å². The molecule has 6 nitrogen and oxygen atoms in total. The number of guanidine groups is 1. The van der Waals surface area contributed by atoms with E-state index in [1.54, 1.807) is 14.2 Å². The normalized spacial score (nSPS) is 12.5. The van der Waals surface area contributed by atoms with Gasteiger partial charge in [0.2, 0.25) is 0 Å². The number of aromatic nitrogens is 1. The van der Waals surface area contributed by atoms with Gasteiger partial charge < -0.3 is 25.3 Å². The third-order valence-corrected chi connectivity index (χ3v) is 5.23. The molecule has 168 valence electrons. The van der Waals surface area contributed by atoms with Crippen LogP contribution in [0, 0.1) is 5.82 Å². The van der Waals surface area contributed by atoms with Crippen LogP contribution in [0.15, 0.2) is 53.7 Å². The summed E-state index contributed by atoms with van der Waals surface area (Å²) >= 11 is 0. The van der Waals surface area contributed by atoms with Crippen LogP contribution in [0.1, 0.15) is 17.2 Å². The Kier molecular flexibility index (Phi) is 9.57. The average molecular weight is 539 g/mol. The van der Waals surface area contributed by atoms with Gasteiger partial charge in [0.25, 0.3) is 0 Å². The van der Waals surface area contributed by atoms with Crippen LogP contribution in [-0.4, -0.2) is 57.2 Å². The van der Waals surface area contributed by atoms with E-state index in [1.165, 1.54) is 17.7 Å². The zero-order valence-electron chi connectivity index (χ0n) is 18.4. The summed E-state index contributed by atoms with van der Waals surface area (Å²) in [4.78, 5) is 9.64. The summed E-state index contributed by atoms with van der Waals surface area (Å²) in [5.41, 5.74) is 3.17. The average Bonchev–Trinajstić information content (AvgIpc) is 3.14. The number of hydrogen-bond acceptors (Lipinski definition) is 3. The van der Waals surface area contributed by atoms with E-state index in [9.17, 15) is 4.39 Å². The zero-order chi connectivity index (χ0) is 21.5. The van der Waals surface area contributed by atoms with E-state index in [0.717, 1.165) is 41.1 Å². The van der Waals surface area contributed by atoms with Gasteiger partial charge in [-0.25, -0.2) is 4.39 Å². The second-order valence-corrected chi connectivity index (χ2v) is 7.39. The van der Waals surface area contributed by atoms with E-state index in [-0.39, 0.29) is 35.8 Å². The first-order chi connectivity index (χ1) is 14.5. The molecular weight excluding hydrogens is 508 g/mol. The van der Waals surface area contributed by atoms with Crippen LogP contribution in [0.5, 0.6) is 5.75 Å². The molecular formula is C23H31FIN5O. The van der Waals surface area contributed by atoms with Gasteiger partial charge in [0, 0.05) is 37.2 Å². The smallest absolute Gasteiger partial charge is 0.191 e. The summed E-state index contributed by atoms with van der Waals surface area (Å²) in [6.07, 6.45) is 2.75. The maximum atomic E-state index is 13.4. The van der Waals surface area contributed by atoms with Gasteiger partial charge in [0.1, 0.15) is 11.6 Å². The van der Waals surface area contributed by atoms with Gasteiger partial charge >= 0.3 is 0 Å². The number of H-pyrrole nitrogens is 1. The number of rotatable bonds is 8. The summed E-state index contributed by atoms with van der Waals surface area (Å²) in [7, 11) is 7.56. The van der Waals surface area contributed by atoms with E-state index in [2.05, 4.69) is 51.7 Å². The molecule has 31 heavy (non-hydrogen) atoms. The van der Waals surface area contributed by atoms with Crippen LogP contribution in [-0.2, 0) is 6.42 Å². The molecule has 0 saturated heterocycles. The minimum atomic E-state index is -0.231. The van der Waals surface area contributed by atoms with Gasteiger partial charge in [-0.15, -0.1) is 24.0 Å². The molecule has 0 fully saturated rings. The lowest BCUT2D eigenvalue weighted by atomic mass is 10.1. The highest BCUT2D eigenvalue weighted by Gasteiger charge is 2.15. The molecule has 0 amide bonds. The molecule has 0 radical (unpaired) electrons. The number of halogens is 2. The van der Waals surface area contributed by atoms with E-state index >= 15 is 0 Å². The van der Waals surface area contributed by atoms with Crippen molar-refractivity contribution in [2.75, 3.05) is 41.3 Å². The fourth-order valence-corrected chi connectivity index (χ4v) is 3.52. The van der Waals surface area contributed by atoms with Crippen LogP contribution < -0.4 is 15.4 Å². The van der Waals surface area contributed by atoms with Crippen molar-refractivity contribution in [2.45, 2.75) is 12.5 Å². The molecule has 8 heteroatoms. The SMILES string of the molecule is CN=C(NCCc1c[nH]c2cc(F)ccc12)NCC(c1ccc(OC)cc1)N(C)C.I. The Balaban J connectivity index is 0.00000341. The molecule has 0 saturated carbocycles. The van der Waals surface area contributed by atoms with Crippen molar-refractivity contribution >= 4 is 40.8 Å². The number of fused-ring (bicyclic) bond motifs is 1. The number of methoxy groups -OCH3 is 1. The number of nitrogens with one attached hydrogen (secondary N) is 3. The predicted octanol–water partition coefficient (Wildman–Crippen LogP) is 3.94. The largest absolute Gasteiger partial charge is 0.497 e. The molecule has 1 aromatic heterocycles. The Hall–Kier alpha value is -2.33. The quantitative estimate of drug-likeness (QED) is 0.231. The molecule has 3 aromatic rings. The fraction of sp³-hybridized carbons (Fsp3) is 0.348. The highest BCUT2D eigenvalue weighted by Crippen LogP contribution is 2.21. The molecule has 0 aliphatic carbocycles. The molecule has 0 aliphatic heterocycles. The summed E-state index contributed by atoms with van der Waals surface area (Å²) in [5, 5.41) is 7.82. The van der Waals surface area contributed by atoms with Crippen molar-refractivity contribution in [2.24, 2.45) is 4.99 Å². The van der Waals surface area contributed by atoms with Crippen molar-refractivity contribution in [3.8, 4) is 5.75 Å². The fourth-order valence-electron chi connectivity index (χ4n) is 3.52. The molecule has 2 aromatic carbocycles. The zero-order valence-corrected chi connectivity index (χ0v) is 20.7. The van der Waals surface area contributed by atoms with E-state index in [4.69, 9.17) is 4.74 Å². The third kappa shape index (κ3) is 6.57. The van der Waals surface area contributed by atoms with Crippen LogP contribution in [0.3, 0.4) is 0 Å². The van der Waals surface area contributed by atoms with Crippen molar-refractivity contribution in [1.82, 2.24) is 20.5 Å². The van der Waals surface area contributed by atoms with Crippen LogP contribution >= 0.6 is 24.0 Å². The molecule has 0 bridgehead atoms. The van der Waals surface area contributed by atoms with E-state index < -0.39 is 0 Å². The first-order valence-corrected chi connectivity index (χ1v) is 10.0.